The van der Waals surface area contributed by atoms with Crippen molar-refractivity contribution in [2.45, 2.75) is 4.90 Å². The van der Waals surface area contributed by atoms with Crippen molar-refractivity contribution in [3.8, 4) is 0 Å². The average molecular weight is 491 g/mol. The van der Waals surface area contributed by atoms with Gasteiger partial charge in [-0.1, -0.05) is 16.1 Å². The summed E-state index contributed by atoms with van der Waals surface area (Å²) in [6, 6.07) is 10.7. The Hall–Kier alpha value is -3.29. The summed E-state index contributed by atoms with van der Waals surface area (Å²) in [6.45, 7) is -0.709. The summed E-state index contributed by atoms with van der Waals surface area (Å²) in [6.07, 6.45) is 5.28. The number of amides is 2. The first-order valence-corrected chi connectivity index (χ1v) is 12.3. The second-order valence-corrected chi connectivity index (χ2v) is 10.5. The minimum absolute atomic E-state index is 0.0433. The van der Waals surface area contributed by atoms with Gasteiger partial charge in [0.15, 0.2) is 0 Å². The molecule has 0 fully saturated rings. The Kier molecular flexibility index (Phi) is 5.95. The number of carbonyl (C=O) groups excluding carboxylic acids is 2. The Labute approximate surface area is 188 Å². The summed E-state index contributed by atoms with van der Waals surface area (Å²) in [7, 11) is -7.48. The maximum Gasteiger partial charge on any atom is 0.432 e. The molecule has 1 unspecified atom stereocenters. The minimum Gasteiger partial charge on any atom is -0.308 e. The molecule has 2 aromatic carbocycles. The molecule has 0 spiro atoms. The van der Waals surface area contributed by atoms with Crippen molar-refractivity contribution in [1.82, 2.24) is 0 Å². The summed E-state index contributed by atoms with van der Waals surface area (Å²) >= 11 is 0. The molecule has 1 aliphatic heterocycles. The molecule has 2 aliphatic rings. The highest BCUT2D eigenvalue weighted by Crippen LogP contribution is 2.24. The van der Waals surface area contributed by atoms with Crippen LogP contribution >= 0.6 is 0 Å². The molecule has 12 heteroatoms. The van der Waals surface area contributed by atoms with Crippen LogP contribution in [-0.4, -0.2) is 50.7 Å². The van der Waals surface area contributed by atoms with Crippen molar-refractivity contribution >= 4 is 48.1 Å². The summed E-state index contributed by atoms with van der Waals surface area (Å²) in [5, 5.41) is 0. The maximum atomic E-state index is 13.0. The monoisotopic (exact) mass is 490 g/mol. The van der Waals surface area contributed by atoms with Crippen LogP contribution in [0.15, 0.2) is 87.1 Å². The largest absolute Gasteiger partial charge is 0.432 e. The topological polar surface area (TPSA) is 140 Å². The molecule has 33 heavy (non-hydrogen) atoms. The Bertz CT molecular complexity index is 1510. The van der Waals surface area contributed by atoms with E-state index in [4.69, 9.17) is 0 Å². The number of aliphatic imine (C=N–C) groups is 1. The second kappa shape index (κ2) is 8.57. The molecule has 1 atom stereocenters. The number of carbonyl (C=O) groups is 2. The van der Waals surface area contributed by atoms with Gasteiger partial charge in [0.25, 0.3) is 0 Å². The molecular formula is C21H17FN3O6S2+. The predicted octanol–water partition coefficient (Wildman–Crippen LogP) is 3.17. The highest BCUT2D eigenvalue weighted by atomic mass is 32.2. The smallest absolute Gasteiger partial charge is 0.308 e. The SMILES string of the molecule is O=C(C[N+]1=S(=O)(O)c2ccccc2C1=O)N=C1C=CC(=S(O)(O)=Nc2ccc(F)cc2)C=C1. The Morgan fingerprint density at radius 1 is 1.03 bits per heavy atom. The molecule has 2 aromatic rings. The number of nitrogens with zero attached hydrogens (tertiary/aromatic N) is 3. The second-order valence-electron chi connectivity index (χ2n) is 6.92. The van der Waals surface area contributed by atoms with Gasteiger partial charge in [-0.15, -0.1) is 0 Å². The molecule has 0 aromatic heterocycles. The van der Waals surface area contributed by atoms with Gasteiger partial charge in [-0.25, -0.2) is 14.2 Å². The summed E-state index contributed by atoms with van der Waals surface area (Å²) in [4.78, 5) is 28.6. The van der Waals surface area contributed by atoms with Gasteiger partial charge in [-0.2, -0.15) is 8.57 Å². The number of benzene rings is 2. The third-order valence-corrected chi connectivity index (χ3v) is 7.87. The van der Waals surface area contributed by atoms with Gasteiger partial charge in [-0.05, 0) is 60.7 Å². The summed E-state index contributed by atoms with van der Waals surface area (Å²) in [5.41, 5.74) is 0.357. The number of fused-ring (bicyclic) bond motifs is 1. The van der Waals surface area contributed by atoms with E-state index in [9.17, 15) is 31.8 Å². The van der Waals surface area contributed by atoms with Crippen LogP contribution in [0, 0.1) is 5.82 Å². The van der Waals surface area contributed by atoms with E-state index in [1.165, 1.54) is 54.6 Å². The lowest BCUT2D eigenvalue weighted by atomic mass is 10.2. The van der Waals surface area contributed by atoms with E-state index >= 15 is 0 Å². The Morgan fingerprint density at radius 3 is 2.30 bits per heavy atom. The molecule has 0 radical (unpaired) electrons. The van der Waals surface area contributed by atoms with E-state index in [0.29, 0.717) is 3.95 Å². The molecule has 1 heterocycles. The quantitative estimate of drug-likeness (QED) is 0.446. The highest BCUT2D eigenvalue weighted by Gasteiger charge is 2.43. The van der Waals surface area contributed by atoms with Crippen molar-refractivity contribution < 1.29 is 35.8 Å². The molecule has 9 nitrogen and oxygen atoms in total. The fourth-order valence-corrected chi connectivity index (χ4v) is 5.67. The van der Waals surface area contributed by atoms with Gasteiger partial charge in [0.1, 0.15) is 26.3 Å². The third kappa shape index (κ3) is 4.60. The number of hydrogen-bond acceptors (Lipinski definition) is 4. The van der Waals surface area contributed by atoms with Crippen LogP contribution in [0.3, 0.4) is 0 Å². The minimum atomic E-state index is -3.89. The van der Waals surface area contributed by atoms with Crippen LogP contribution < -0.4 is 0 Å². The number of allylic oxidation sites excluding steroid dienone is 4. The van der Waals surface area contributed by atoms with Gasteiger partial charge >= 0.3 is 21.8 Å². The lowest BCUT2D eigenvalue weighted by Crippen LogP contribution is -2.27. The normalized spacial score (nSPS) is 19.6. The van der Waals surface area contributed by atoms with Crippen molar-refractivity contribution in [3.05, 3.63) is 84.2 Å². The zero-order valence-corrected chi connectivity index (χ0v) is 18.4. The van der Waals surface area contributed by atoms with Crippen LogP contribution in [0.4, 0.5) is 10.1 Å². The van der Waals surface area contributed by atoms with E-state index in [-0.39, 0.29) is 26.7 Å². The molecule has 4 rings (SSSR count). The van der Waals surface area contributed by atoms with E-state index in [1.807, 2.05) is 0 Å². The number of rotatable bonds is 3. The van der Waals surface area contributed by atoms with Gasteiger partial charge in [0.05, 0.1) is 16.3 Å². The highest BCUT2D eigenvalue weighted by molar-refractivity contribution is 7.94. The fraction of sp³-hybridized carbons (Fsp3) is 0.0476. The van der Waals surface area contributed by atoms with Crippen LogP contribution in [0.5, 0.6) is 0 Å². The van der Waals surface area contributed by atoms with Crippen molar-refractivity contribution in [3.63, 3.8) is 0 Å². The first-order chi connectivity index (χ1) is 15.6. The van der Waals surface area contributed by atoms with Crippen molar-refractivity contribution in [2.75, 3.05) is 6.54 Å². The first-order valence-electron chi connectivity index (χ1n) is 9.37. The molecule has 0 saturated carbocycles. The van der Waals surface area contributed by atoms with E-state index in [0.717, 1.165) is 12.1 Å². The first kappa shape index (κ1) is 22.9. The average Bonchev–Trinajstić information content (AvgIpc) is 2.96. The van der Waals surface area contributed by atoms with Crippen LogP contribution in [0.25, 0.3) is 0 Å². The van der Waals surface area contributed by atoms with Gasteiger partial charge in [0, 0.05) is 0 Å². The number of hydrogen-bond donors (Lipinski definition) is 3. The van der Waals surface area contributed by atoms with Crippen LogP contribution in [-0.2, 0) is 24.8 Å². The Balaban J connectivity index is 1.56. The molecule has 2 amide bonds. The standard InChI is InChI=1S/C21H16FN3O6S2/c22-14-5-7-16(8-6-14)24-32(28,29)17-11-9-15(10-12-17)23-20(26)13-25-21(27)18-3-1-2-4-19(18)33(25,30)31/h1-12H,13H2,(H2,23,24,26,28,29)/p+1. The van der Waals surface area contributed by atoms with Crippen molar-refractivity contribution in [2.24, 2.45) is 9.36 Å². The zero-order chi connectivity index (χ0) is 23.8. The molecule has 170 valence electrons. The molecule has 3 N–H and O–H groups in total. The van der Waals surface area contributed by atoms with Gasteiger partial charge in [-0.3, -0.25) is 9.35 Å². The lowest BCUT2D eigenvalue weighted by Gasteiger charge is -2.09. The molecule has 0 bridgehead atoms. The van der Waals surface area contributed by atoms with Crippen LogP contribution in [0.1, 0.15) is 10.4 Å². The molecular weight excluding hydrogens is 473 g/mol. The van der Waals surface area contributed by atoms with Gasteiger partial charge in [0.2, 0.25) is 6.54 Å². The third-order valence-electron chi connectivity index (χ3n) is 4.67. The predicted molar refractivity (Wildman–Crippen MR) is 122 cm³/mol. The maximum absolute atomic E-state index is 13.0. The van der Waals surface area contributed by atoms with E-state index in [2.05, 4.69) is 9.36 Å². The lowest BCUT2D eigenvalue weighted by molar-refractivity contribution is -0.395. The van der Waals surface area contributed by atoms with Crippen LogP contribution in [0.2, 0.25) is 0 Å². The van der Waals surface area contributed by atoms with Crippen molar-refractivity contribution in [1.29, 1.82) is 0 Å². The van der Waals surface area contributed by atoms with Gasteiger partial charge < -0.3 is 9.11 Å². The molecule has 0 saturated heterocycles. The summed E-state index contributed by atoms with van der Waals surface area (Å²) in [5.74, 6) is -2.07. The van der Waals surface area contributed by atoms with E-state index < -0.39 is 44.2 Å². The Morgan fingerprint density at radius 2 is 1.67 bits per heavy atom. The number of halogens is 1. The zero-order valence-electron chi connectivity index (χ0n) is 16.7. The fourth-order valence-electron chi connectivity index (χ4n) is 3.11. The van der Waals surface area contributed by atoms with E-state index in [1.54, 1.807) is 6.07 Å². The summed E-state index contributed by atoms with van der Waals surface area (Å²) < 4.78 is 61.0. The molecule has 1 aliphatic carbocycles.